The van der Waals surface area contributed by atoms with Crippen LogP contribution in [0.25, 0.3) is 0 Å². The van der Waals surface area contributed by atoms with Crippen molar-refractivity contribution in [2.75, 3.05) is 45.8 Å². The summed E-state index contributed by atoms with van der Waals surface area (Å²) in [5.74, 6) is 1.33. The fraction of sp³-hybridized carbons (Fsp3) is 0.905. The van der Waals surface area contributed by atoms with E-state index in [0.717, 1.165) is 51.7 Å². The summed E-state index contributed by atoms with van der Waals surface area (Å²) in [6.07, 6.45) is 7.41. The summed E-state index contributed by atoms with van der Waals surface area (Å²) >= 11 is 0. The molecule has 0 radical (unpaired) electrons. The first kappa shape index (κ1) is 19.7. The Morgan fingerprint density at radius 3 is 2.46 bits per heavy atom. The molecule has 2 amide bonds. The van der Waals surface area contributed by atoms with Crippen molar-refractivity contribution in [2.45, 2.75) is 59.3 Å². The maximum Gasteiger partial charge on any atom is 0.225 e. The molecule has 1 spiro atoms. The Balaban J connectivity index is 1.75. The molecule has 2 heterocycles. The van der Waals surface area contributed by atoms with E-state index in [9.17, 15) is 9.59 Å². The van der Waals surface area contributed by atoms with E-state index in [1.54, 1.807) is 0 Å². The molecule has 3 rings (SSSR count). The third-order valence-corrected chi connectivity index (χ3v) is 6.61. The molecule has 3 fully saturated rings. The number of hydrogen-bond acceptors (Lipinski definition) is 3. The van der Waals surface area contributed by atoms with Crippen molar-refractivity contribution in [3.05, 3.63) is 0 Å². The van der Waals surface area contributed by atoms with E-state index in [1.807, 2.05) is 18.7 Å². The van der Waals surface area contributed by atoms with Gasteiger partial charge in [0.1, 0.15) is 0 Å². The van der Waals surface area contributed by atoms with Crippen LogP contribution in [0.3, 0.4) is 0 Å². The third kappa shape index (κ3) is 4.41. The number of amides is 2. The monoisotopic (exact) mass is 363 g/mol. The quantitative estimate of drug-likeness (QED) is 0.771. The molecule has 2 saturated heterocycles. The van der Waals surface area contributed by atoms with Crippen LogP contribution in [-0.4, -0.2) is 72.3 Å². The molecule has 1 atom stereocenters. The summed E-state index contributed by atoms with van der Waals surface area (Å²) in [6.45, 7) is 12.2. The van der Waals surface area contributed by atoms with Crippen LogP contribution in [0.5, 0.6) is 0 Å². The number of likely N-dealkylation sites (tertiary alicyclic amines) is 1. The maximum absolute atomic E-state index is 12.7. The minimum atomic E-state index is -0.0805. The van der Waals surface area contributed by atoms with Crippen LogP contribution in [-0.2, 0) is 9.59 Å². The van der Waals surface area contributed by atoms with E-state index in [0.29, 0.717) is 6.42 Å². The van der Waals surface area contributed by atoms with Gasteiger partial charge in [-0.05, 0) is 25.7 Å². The molecule has 3 aliphatic rings. The lowest BCUT2D eigenvalue weighted by Crippen LogP contribution is -2.45. The molecule has 1 aliphatic carbocycles. The van der Waals surface area contributed by atoms with E-state index in [2.05, 4.69) is 16.7 Å². The second-order valence-corrected chi connectivity index (χ2v) is 9.24. The molecule has 0 aromatic rings. The molecular formula is C21H37N3O2. The highest BCUT2D eigenvalue weighted by Crippen LogP contribution is 2.36. The van der Waals surface area contributed by atoms with E-state index in [1.165, 1.54) is 32.1 Å². The lowest BCUT2D eigenvalue weighted by Gasteiger charge is -2.35. The fourth-order valence-electron chi connectivity index (χ4n) is 5.27. The first-order valence-electron chi connectivity index (χ1n) is 10.7. The van der Waals surface area contributed by atoms with Crippen molar-refractivity contribution in [2.24, 2.45) is 17.3 Å². The molecule has 1 saturated carbocycles. The molecule has 148 valence electrons. The summed E-state index contributed by atoms with van der Waals surface area (Å²) < 4.78 is 0. The van der Waals surface area contributed by atoms with Crippen molar-refractivity contribution >= 4 is 11.8 Å². The van der Waals surface area contributed by atoms with Gasteiger partial charge in [-0.1, -0.05) is 33.1 Å². The zero-order valence-corrected chi connectivity index (χ0v) is 17.0. The minimum Gasteiger partial charge on any atom is -0.342 e. The van der Waals surface area contributed by atoms with E-state index >= 15 is 0 Å². The summed E-state index contributed by atoms with van der Waals surface area (Å²) in [7, 11) is 0. The molecule has 0 N–H and O–H groups in total. The van der Waals surface area contributed by atoms with Crippen LogP contribution in [0.1, 0.15) is 59.3 Å². The van der Waals surface area contributed by atoms with Crippen molar-refractivity contribution in [3.63, 3.8) is 0 Å². The second-order valence-electron chi connectivity index (χ2n) is 9.24. The summed E-state index contributed by atoms with van der Waals surface area (Å²) in [5.41, 5.74) is -0.0805. The SMILES string of the molecule is CCN1CC2(CC1=O)CN(CC1CCCCC1)CCN(C(=O)C(C)C)C2. The Hall–Kier alpha value is -1.10. The number of rotatable bonds is 4. The minimum absolute atomic E-state index is 0.0244. The van der Waals surface area contributed by atoms with Crippen LogP contribution >= 0.6 is 0 Å². The van der Waals surface area contributed by atoms with Crippen LogP contribution < -0.4 is 0 Å². The Labute approximate surface area is 159 Å². The number of carbonyl (C=O) groups is 2. The van der Waals surface area contributed by atoms with Gasteiger partial charge in [0, 0.05) is 63.6 Å². The summed E-state index contributed by atoms with van der Waals surface area (Å²) in [4.78, 5) is 31.9. The van der Waals surface area contributed by atoms with Crippen molar-refractivity contribution in [3.8, 4) is 0 Å². The van der Waals surface area contributed by atoms with Gasteiger partial charge < -0.3 is 14.7 Å². The molecule has 0 aromatic carbocycles. The zero-order chi connectivity index (χ0) is 18.7. The first-order valence-corrected chi connectivity index (χ1v) is 10.7. The average molecular weight is 364 g/mol. The Bertz CT molecular complexity index is 515. The normalized spacial score (nSPS) is 29.0. The van der Waals surface area contributed by atoms with Gasteiger partial charge in [-0.2, -0.15) is 0 Å². The first-order chi connectivity index (χ1) is 12.4. The van der Waals surface area contributed by atoms with Gasteiger partial charge in [0.25, 0.3) is 0 Å². The van der Waals surface area contributed by atoms with Crippen LogP contribution in [0.15, 0.2) is 0 Å². The molecule has 0 aromatic heterocycles. The molecular weight excluding hydrogens is 326 g/mol. The number of nitrogens with zero attached hydrogens (tertiary/aromatic N) is 3. The van der Waals surface area contributed by atoms with E-state index in [-0.39, 0.29) is 23.1 Å². The molecule has 0 bridgehead atoms. The summed E-state index contributed by atoms with van der Waals surface area (Å²) in [6, 6.07) is 0. The lowest BCUT2D eigenvalue weighted by atomic mass is 9.84. The predicted octanol–water partition coefficient (Wildman–Crippen LogP) is 2.61. The van der Waals surface area contributed by atoms with Gasteiger partial charge >= 0.3 is 0 Å². The highest BCUT2D eigenvalue weighted by atomic mass is 16.2. The van der Waals surface area contributed by atoms with Gasteiger partial charge in [-0.25, -0.2) is 0 Å². The van der Waals surface area contributed by atoms with Crippen molar-refractivity contribution < 1.29 is 9.59 Å². The Morgan fingerprint density at radius 1 is 1.12 bits per heavy atom. The lowest BCUT2D eigenvalue weighted by molar-refractivity contribution is -0.135. The highest BCUT2D eigenvalue weighted by Gasteiger charge is 2.47. The third-order valence-electron chi connectivity index (χ3n) is 6.61. The van der Waals surface area contributed by atoms with Crippen molar-refractivity contribution in [1.29, 1.82) is 0 Å². The van der Waals surface area contributed by atoms with Gasteiger partial charge in [0.05, 0.1) is 0 Å². The predicted molar refractivity (Wildman–Crippen MR) is 104 cm³/mol. The molecule has 26 heavy (non-hydrogen) atoms. The van der Waals surface area contributed by atoms with Crippen LogP contribution in [0.2, 0.25) is 0 Å². The second kappa shape index (κ2) is 8.28. The Morgan fingerprint density at radius 2 is 1.85 bits per heavy atom. The maximum atomic E-state index is 12.7. The smallest absolute Gasteiger partial charge is 0.225 e. The topological polar surface area (TPSA) is 43.9 Å². The average Bonchev–Trinajstić information content (AvgIpc) is 2.82. The Kier molecular flexibility index (Phi) is 6.26. The standard InChI is InChI=1S/C21H37N3O2/c1-4-23-15-21(12-19(23)25)14-22(13-18-8-6-5-7-9-18)10-11-24(16-21)20(26)17(2)3/h17-18H,4-16H2,1-3H3. The van der Waals surface area contributed by atoms with Gasteiger partial charge in [0.2, 0.25) is 11.8 Å². The van der Waals surface area contributed by atoms with Crippen LogP contribution in [0, 0.1) is 17.3 Å². The summed E-state index contributed by atoms with van der Waals surface area (Å²) in [5, 5.41) is 0. The fourth-order valence-corrected chi connectivity index (χ4v) is 5.27. The van der Waals surface area contributed by atoms with Crippen molar-refractivity contribution in [1.82, 2.24) is 14.7 Å². The number of hydrogen-bond donors (Lipinski definition) is 0. The molecule has 1 unspecified atom stereocenters. The molecule has 5 heteroatoms. The largest absolute Gasteiger partial charge is 0.342 e. The highest BCUT2D eigenvalue weighted by molar-refractivity contribution is 5.81. The van der Waals surface area contributed by atoms with E-state index < -0.39 is 0 Å². The van der Waals surface area contributed by atoms with Crippen LogP contribution in [0.4, 0.5) is 0 Å². The zero-order valence-electron chi connectivity index (χ0n) is 17.0. The molecule has 5 nitrogen and oxygen atoms in total. The number of carbonyl (C=O) groups excluding carboxylic acids is 2. The molecule has 2 aliphatic heterocycles. The van der Waals surface area contributed by atoms with Gasteiger partial charge in [-0.15, -0.1) is 0 Å². The van der Waals surface area contributed by atoms with Gasteiger partial charge in [-0.3, -0.25) is 9.59 Å². The van der Waals surface area contributed by atoms with Gasteiger partial charge in [0.15, 0.2) is 0 Å². The van der Waals surface area contributed by atoms with E-state index in [4.69, 9.17) is 0 Å².